The highest BCUT2D eigenvalue weighted by atomic mass is 19.1. The number of fused-ring (bicyclic) bond motifs is 5. The fourth-order valence-corrected chi connectivity index (χ4v) is 5.32. The second kappa shape index (κ2) is 12.4. The minimum Gasteiger partial charge on any atom is -0.493 e. The maximum absolute atomic E-state index is 14.6. The van der Waals surface area contributed by atoms with Gasteiger partial charge in [0.05, 0.1) is 24.4 Å². The number of halogens is 1. The van der Waals surface area contributed by atoms with Gasteiger partial charge in [0.25, 0.3) is 17.7 Å². The highest BCUT2D eigenvalue weighted by Gasteiger charge is 2.35. The van der Waals surface area contributed by atoms with Crippen LogP contribution in [-0.4, -0.2) is 76.3 Å². The van der Waals surface area contributed by atoms with Crippen molar-refractivity contribution in [3.8, 4) is 22.9 Å². The van der Waals surface area contributed by atoms with Gasteiger partial charge in [0.15, 0.2) is 18.1 Å². The van der Waals surface area contributed by atoms with E-state index < -0.39 is 36.4 Å². The number of benzene rings is 3. The van der Waals surface area contributed by atoms with E-state index in [1.165, 1.54) is 42.6 Å². The van der Waals surface area contributed by atoms with E-state index >= 15 is 0 Å². The third-order valence-corrected chi connectivity index (χ3v) is 7.44. The van der Waals surface area contributed by atoms with E-state index in [9.17, 15) is 18.8 Å². The molecular weight excluding hydrogens is 571 g/mol. The Morgan fingerprint density at radius 1 is 1.11 bits per heavy atom. The van der Waals surface area contributed by atoms with Gasteiger partial charge in [0, 0.05) is 37.7 Å². The van der Waals surface area contributed by atoms with Crippen molar-refractivity contribution in [3.05, 3.63) is 95.8 Å². The Morgan fingerprint density at radius 2 is 1.98 bits per heavy atom. The molecule has 0 radical (unpaired) electrons. The molecule has 0 unspecified atom stereocenters. The van der Waals surface area contributed by atoms with Gasteiger partial charge in [-0.2, -0.15) is 5.10 Å². The lowest BCUT2D eigenvalue weighted by Crippen LogP contribution is -2.58. The van der Waals surface area contributed by atoms with Crippen molar-refractivity contribution in [1.82, 2.24) is 30.3 Å². The number of rotatable bonds is 3. The fraction of sp³-hybridized carbons (Fsp3) is 0.258. The van der Waals surface area contributed by atoms with Crippen LogP contribution in [0.5, 0.6) is 17.2 Å². The van der Waals surface area contributed by atoms with Crippen LogP contribution in [0.25, 0.3) is 5.69 Å². The van der Waals surface area contributed by atoms with Crippen LogP contribution < -0.4 is 24.8 Å². The average molecular weight is 601 g/mol. The summed E-state index contributed by atoms with van der Waals surface area (Å²) >= 11 is 0. The fourth-order valence-electron chi connectivity index (χ4n) is 5.32. The molecule has 0 saturated carbocycles. The standard InChI is InChI=1S/C31H29FN6O6/c1-42-27-7-6-20-12-28(27)43-16-29(39)36-24-15-37(31(41)23-4-2-3-5-25(23)38-18-33-17-35-38)9-8-26(24)44-22-11-19(10-21(32)13-22)14-34-30(20)40/h2-7,10-13,17-18,24,26H,8-9,14-16H2,1H3,(H,34,40)(H,36,39)/t24-,26+/m1/s1. The number of aromatic nitrogens is 3. The molecule has 2 aliphatic rings. The zero-order chi connectivity index (χ0) is 30.6. The molecule has 12 nitrogen and oxygen atoms in total. The van der Waals surface area contributed by atoms with Gasteiger partial charge < -0.3 is 29.7 Å². The van der Waals surface area contributed by atoms with E-state index in [1.54, 1.807) is 47.4 Å². The third-order valence-electron chi connectivity index (χ3n) is 7.44. The number of methoxy groups -OCH3 is 1. The zero-order valence-electron chi connectivity index (χ0n) is 23.7. The summed E-state index contributed by atoms with van der Waals surface area (Å²) < 4.78 is 33.5. The van der Waals surface area contributed by atoms with Gasteiger partial charge in [-0.05, 0) is 48.0 Å². The van der Waals surface area contributed by atoms with Crippen molar-refractivity contribution >= 4 is 17.7 Å². The van der Waals surface area contributed by atoms with E-state index in [0.29, 0.717) is 35.5 Å². The molecule has 2 aliphatic heterocycles. The second-order valence-electron chi connectivity index (χ2n) is 10.4. The molecule has 13 heteroatoms. The third kappa shape index (κ3) is 6.16. The Labute approximate surface area is 251 Å². The van der Waals surface area contributed by atoms with Crippen LogP contribution in [0.4, 0.5) is 4.39 Å². The summed E-state index contributed by atoms with van der Waals surface area (Å²) in [6, 6.07) is 15.2. The van der Waals surface area contributed by atoms with E-state index in [1.807, 2.05) is 0 Å². The Bertz CT molecular complexity index is 1700. The number of piperidine rings is 1. The van der Waals surface area contributed by atoms with Crippen LogP contribution in [0, 0.1) is 5.82 Å². The Morgan fingerprint density at radius 3 is 2.80 bits per heavy atom. The second-order valence-corrected chi connectivity index (χ2v) is 10.4. The van der Waals surface area contributed by atoms with E-state index in [0.717, 1.165) is 0 Å². The highest BCUT2D eigenvalue weighted by molar-refractivity contribution is 5.98. The molecule has 226 valence electrons. The van der Waals surface area contributed by atoms with Crippen molar-refractivity contribution in [3.63, 3.8) is 0 Å². The number of nitrogens with zero attached hydrogens (tertiary/aromatic N) is 4. The molecule has 3 aromatic carbocycles. The molecule has 44 heavy (non-hydrogen) atoms. The molecule has 0 spiro atoms. The molecule has 1 fully saturated rings. The SMILES string of the molecule is COc1ccc2cc1OCC(=O)N[C@@H]1CN(C(=O)c3ccccc3-n3cncn3)CC[C@@H]1Oc1cc(F)cc(c1)CNC2=O. The minimum atomic E-state index is -0.658. The number of ether oxygens (including phenoxy) is 3. The average Bonchev–Trinajstić information content (AvgIpc) is 3.57. The Hall–Kier alpha value is -5.46. The Kier molecular flexibility index (Phi) is 8.08. The van der Waals surface area contributed by atoms with Crippen LogP contribution in [0.3, 0.4) is 0 Å². The number of amides is 3. The first kappa shape index (κ1) is 28.6. The summed E-state index contributed by atoms with van der Waals surface area (Å²) in [5, 5.41) is 9.86. The van der Waals surface area contributed by atoms with Gasteiger partial charge in [-0.25, -0.2) is 14.1 Å². The van der Waals surface area contributed by atoms with Crippen molar-refractivity contribution in [2.75, 3.05) is 26.8 Å². The number of hydrogen-bond donors (Lipinski definition) is 2. The summed E-state index contributed by atoms with van der Waals surface area (Å²) in [7, 11) is 1.45. The molecule has 0 aliphatic carbocycles. The summed E-state index contributed by atoms with van der Waals surface area (Å²) in [5.41, 5.74) is 1.75. The lowest BCUT2D eigenvalue weighted by Gasteiger charge is -2.39. The monoisotopic (exact) mass is 600 g/mol. The summed E-state index contributed by atoms with van der Waals surface area (Å²) in [5.74, 6) is -0.901. The van der Waals surface area contributed by atoms with Crippen LogP contribution in [0.1, 0.15) is 32.7 Å². The molecule has 2 atom stereocenters. The smallest absolute Gasteiger partial charge is 0.258 e. The first-order chi connectivity index (χ1) is 21.4. The van der Waals surface area contributed by atoms with Gasteiger partial charge in [-0.1, -0.05) is 12.1 Å². The molecule has 3 amide bonds. The van der Waals surface area contributed by atoms with Gasteiger partial charge >= 0.3 is 0 Å². The number of nitrogens with one attached hydrogen (secondary N) is 2. The summed E-state index contributed by atoms with van der Waals surface area (Å²) in [4.78, 5) is 45.4. The van der Waals surface area contributed by atoms with Crippen molar-refractivity contribution < 1.29 is 33.0 Å². The highest BCUT2D eigenvalue weighted by Crippen LogP contribution is 2.29. The summed E-state index contributed by atoms with van der Waals surface area (Å²) in [6.07, 6.45) is 2.65. The maximum atomic E-state index is 14.6. The topological polar surface area (TPSA) is 137 Å². The number of hydrogen-bond acceptors (Lipinski definition) is 8. The molecule has 4 aromatic rings. The van der Waals surface area contributed by atoms with Gasteiger partial charge in [0.1, 0.15) is 30.3 Å². The molecular formula is C31H29FN6O6. The number of carbonyl (C=O) groups excluding carboxylic acids is 3. The number of likely N-dealkylation sites (tertiary alicyclic amines) is 1. The predicted molar refractivity (Wildman–Crippen MR) is 154 cm³/mol. The lowest BCUT2D eigenvalue weighted by molar-refractivity contribution is -0.125. The molecule has 1 saturated heterocycles. The van der Waals surface area contributed by atoms with Crippen LogP contribution in [-0.2, 0) is 11.3 Å². The van der Waals surface area contributed by atoms with Crippen molar-refractivity contribution in [1.29, 1.82) is 0 Å². The van der Waals surface area contributed by atoms with Gasteiger partial charge in [-0.3, -0.25) is 14.4 Å². The number of para-hydroxylation sites is 1. The first-order valence-corrected chi connectivity index (χ1v) is 14.0. The lowest BCUT2D eigenvalue weighted by atomic mass is 10.00. The molecule has 1 aromatic heterocycles. The van der Waals surface area contributed by atoms with E-state index in [4.69, 9.17) is 14.2 Å². The van der Waals surface area contributed by atoms with Crippen molar-refractivity contribution in [2.45, 2.75) is 25.1 Å². The van der Waals surface area contributed by atoms with Gasteiger partial charge in [0.2, 0.25) is 0 Å². The molecule has 6 rings (SSSR count). The van der Waals surface area contributed by atoms with E-state index in [2.05, 4.69) is 20.7 Å². The molecule has 4 bridgehead atoms. The summed E-state index contributed by atoms with van der Waals surface area (Å²) in [6.45, 7) is 0.101. The Balaban J connectivity index is 1.29. The molecule has 3 heterocycles. The number of carbonyl (C=O) groups is 3. The van der Waals surface area contributed by atoms with Crippen LogP contribution in [0.15, 0.2) is 73.3 Å². The minimum absolute atomic E-state index is 0.0491. The van der Waals surface area contributed by atoms with Gasteiger partial charge in [-0.15, -0.1) is 0 Å². The first-order valence-electron chi connectivity index (χ1n) is 14.0. The quantitative estimate of drug-likeness (QED) is 0.366. The van der Waals surface area contributed by atoms with E-state index in [-0.39, 0.29) is 36.1 Å². The largest absolute Gasteiger partial charge is 0.493 e. The van der Waals surface area contributed by atoms with Crippen molar-refractivity contribution in [2.24, 2.45) is 0 Å². The zero-order valence-corrected chi connectivity index (χ0v) is 23.7. The maximum Gasteiger partial charge on any atom is 0.258 e. The molecule has 2 N–H and O–H groups in total. The van der Waals surface area contributed by atoms with Crippen LogP contribution >= 0.6 is 0 Å². The van der Waals surface area contributed by atoms with Crippen LogP contribution in [0.2, 0.25) is 0 Å². The normalized spacial score (nSPS) is 18.6. The predicted octanol–water partition coefficient (Wildman–Crippen LogP) is 2.52.